The highest BCUT2D eigenvalue weighted by atomic mass is 16.4. The zero-order chi connectivity index (χ0) is 15.0. The summed E-state index contributed by atoms with van der Waals surface area (Å²) in [6.07, 6.45) is 2.68. The number of carbonyl (C=O) groups is 2. The summed E-state index contributed by atoms with van der Waals surface area (Å²) >= 11 is 0. The molecule has 1 amide bonds. The van der Waals surface area contributed by atoms with E-state index in [1.807, 2.05) is 13.8 Å². The molecule has 5 heteroatoms. The van der Waals surface area contributed by atoms with E-state index >= 15 is 0 Å². The van der Waals surface area contributed by atoms with Crippen LogP contribution in [-0.4, -0.2) is 17.0 Å². The molecule has 1 heterocycles. The lowest BCUT2D eigenvalue weighted by atomic mass is 9.65. The van der Waals surface area contributed by atoms with Crippen LogP contribution in [0.25, 0.3) is 0 Å². The molecule has 0 spiro atoms. The number of hydrogen-bond donors (Lipinski definition) is 2. The molecule has 1 aliphatic carbocycles. The van der Waals surface area contributed by atoms with Crippen LogP contribution in [0.4, 0.5) is 0 Å². The van der Waals surface area contributed by atoms with Crippen molar-refractivity contribution >= 4 is 11.9 Å². The highest BCUT2D eigenvalue weighted by Gasteiger charge is 2.58. The molecule has 1 aromatic rings. The molecule has 2 atom stereocenters. The molecule has 1 aliphatic rings. The third-order valence-corrected chi connectivity index (χ3v) is 5.03. The Morgan fingerprint density at radius 3 is 2.65 bits per heavy atom. The number of amides is 1. The van der Waals surface area contributed by atoms with Crippen molar-refractivity contribution in [2.45, 2.75) is 40.2 Å². The van der Waals surface area contributed by atoms with E-state index in [1.165, 1.54) is 0 Å². The maximum atomic E-state index is 12.3. The van der Waals surface area contributed by atoms with Crippen LogP contribution >= 0.6 is 0 Å². The Balaban J connectivity index is 2.06. The Morgan fingerprint density at radius 2 is 2.15 bits per heavy atom. The molecule has 20 heavy (non-hydrogen) atoms. The molecule has 0 bridgehead atoms. The number of nitrogens with one attached hydrogen (secondary N) is 1. The second kappa shape index (κ2) is 4.96. The van der Waals surface area contributed by atoms with Crippen LogP contribution in [0, 0.1) is 16.7 Å². The van der Waals surface area contributed by atoms with Gasteiger partial charge in [-0.25, -0.2) is 0 Å². The van der Waals surface area contributed by atoms with Gasteiger partial charge in [0.1, 0.15) is 5.76 Å². The van der Waals surface area contributed by atoms with E-state index in [4.69, 9.17) is 4.42 Å². The molecule has 0 saturated heterocycles. The second-order valence-electron chi connectivity index (χ2n) is 6.25. The van der Waals surface area contributed by atoms with Crippen LogP contribution in [0.3, 0.4) is 0 Å². The molecule has 1 fully saturated rings. The molecule has 2 rings (SSSR count). The van der Waals surface area contributed by atoms with Crippen LogP contribution in [0.2, 0.25) is 0 Å². The molecule has 5 nitrogen and oxygen atoms in total. The summed E-state index contributed by atoms with van der Waals surface area (Å²) in [6.45, 7) is 5.80. The monoisotopic (exact) mass is 279 g/mol. The lowest BCUT2D eigenvalue weighted by Crippen LogP contribution is -2.45. The Hall–Kier alpha value is -1.78. The molecule has 2 N–H and O–H groups in total. The van der Waals surface area contributed by atoms with Crippen LogP contribution < -0.4 is 5.32 Å². The van der Waals surface area contributed by atoms with E-state index in [0.29, 0.717) is 25.1 Å². The first-order chi connectivity index (χ1) is 9.29. The van der Waals surface area contributed by atoms with Gasteiger partial charge in [0.25, 0.3) is 0 Å². The smallest absolute Gasteiger partial charge is 0.309 e. The third kappa shape index (κ3) is 2.21. The van der Waals surface area contributed by atoms with E-state index in [9.17, 15) is 14.7 Å². The molecular weight excluding hydrogens is 258 g/mol. The normalized spacial score (nSPS) is 28.2. The second-order valence-corrected chi connectivity index (χ2v) is 6.25. The molecule has 1 saturated carbocycles. The Morgan fingerprint density at radius 1 is 1.45 bits per heavy atom. The Kier molecular flexibility index (Phi) is 3.63. The van der Waals surface area contributed by atoms with E-state index in [-0.39, 0.29) is 11.8 Å². The predicted octanol–water partition coefficient (Wildman–Crippen LogP) is 2.42. The lowest BCUT2D eigenvalue weighted by molar-refractivity contribution is -0.155. The average molecular weight is 279 g/mol. The molecular formula is C15H21NO4. The minimum Gasteiger partial charge on any atom is -0.481 e. The summed E-state index contributed by atoms with van der Waals surface area (Å²) in [7, 11) is 0. The maximum Gasteiger partial charge on any atom is 0.309 e. The van der Waals surface area contributed by atoms with Crippen molar-refractivity contribution < 1.29 is 19.1 Å². The van der Waals surface area contributed by atoms with E-state index in [0.717, 1.165) is 0 Å². The van der Waals surface area contributed by atoms with Crippen molar-refractivity contribution in [3.05, 3.63) is 24.2 Å². The number of carboxylic acid groups (broad SMARTS) is 1. The molecule has 0 aliphatic heterocycles. The number of furan rings is 1. The third-order valence-electron chi connectivity index (χ3n) is 5.03. The average Bonchev–Trinajstić information content (AvgIpc) is 2.95. The minimum absolute atomic E-state index is 0.101. The quantitative estimate of drug-likeness (QED) is 0.887. The topological polar surface area (TPSA) is 79.5 Å². The van der Waals surface area contributed by atoms with Gasteiger partial charge in [-0.2, -0.15) is 0 Å². The fourth-order valence-electron chi connectivity index (χ4n) is 3.05. The van der Waals surface area contributed by atoms with Gasteiger partial charge in [-0.1, -0.05) is 13.8 Å². The summed E-state index contributed by atoms with van der Waals surface area (Å²) in [5.41, 5.74) is -1.44. The van der Waals surface area contributed by atoms with Crippen molar-refractivity contribution in [1.29, 1.82) is 0 Å². The summed E-state index contributed by atoms with van der Waals surface area (Å²) < 4.78 is 5.17. The Bertz CT molecular complexity index is 506. The van der Waals surface area contributed by atoms with Crippen molar-refractivity contribution in [3.63, 3.8) is 0 Å². The first-order valence-corrected chi connectivity index (χ1v) is 6.82. The molecule has 0 aromatic carbocycles. The van der Waals surface area contributed by atoms with Crippen LogP contribution in [0.5, 0.6) is 0 Å². The highest BCUT2D eigenvalue weighted by Crippen LogP contribution is 2.56. The fraction of sp³-hybridized carbons (Fsp3) is 0.600. The van der Waals surface area contributed by atoms with Gasteiger partial charge in [-0.15, -0.1) is 0 Å². The molecule has 110 valence electrons. The number of hydrogen-bond acceptors (Lipinski definition) is 3. The minimum atomic E-state index is -0.861. The van der Waals surface area contributed by atoms with Crippen LogP contribution in [-0.2, 0) is 16.1 Å². The summed E-state index contributed by atoms with van der Waals surface area (Å²) in [6, 6.07) is 3.56. The first-order valence-electron chi connectivity index (χ1n) is 6.82. The maximum absolute atomic E-state index is 12.3. The van der Waals surface area contributed by atoms with Crippen molar-refractivity contribution in [2.75, 3.05) is 0 Å². The van der Waals surface area contributed by atoms with Crippen LogP contribution in [0.15, 0.2) is 22.8 Å². The van der Waals surface area contributed by atoms with Gasteiger partial charge in [0.05, 0.1) is 18.2 Å². The Labute approximate surface area is 118 Å². The number of carbonyl (C=O) groups excluding carboxylic acids is 1. The predicted molar refractivity (Wildman–Crippen MR) is 72.8 cm³/mol. The standard InChI is InChI=1S/C15H21NO4/c1-14(2)11(6-7-15(14,3)13(18)19)12(17)16-9-10-5-4-8-20-10/h4-5,8,11H,6-7,9H2,1-3H3,(H,16,17)(H,18,19)/t11-,15-/m0/s1. The lowest BCUT2D eigenvalue weighted by Gasteiger charge is -2.37. The van der Waals surface area contributed by atoms with Gasteiger partial charge >= 0.3 is 5.97 Å². The molecule has 0 unspecified atom stereocenters. The SMILES string of the molecule is CC1(C)[C@H](C(=O)NCc2ccco2)CC[C@@]1(C)C(=O)O. The summed E-state index contributed by atoms with van der Waals surface area (Å²) in [4.78, 5) is 23.8. The van der Waals surface area contributed by atoms with Gasteiger partial charge in [-0.3, -0.25) is 9.59 Å². The number of rotatable bonds is 4. The zero-order valence-corrected chi connectivity index (χ0v) is 12.1. The van der Waals surface area contributed by atoms with Gasteiger partial charge in [0.2, 0.25) is 5.91 Å². The van der Waals surface area contributed by atoms with E-state index in [1.54, 1.807) is 25.3 Å². The summed E-state index contributed by atoms with van der Waals surface area (Å²) in [5, 5.41) is 12.3. The van der Waals surface area contributed by atoms with Crippen LogP contribution in [0.1, 0.15) is 39.4 Å². The van der Waals surface area contributed by atoms with Crippen molar-refractivity contribution in [2.24, 2.45) is 16.7 Å². The highest BCUT2D eigenvalue weighted by molar-refractivity contribution is 5.83. The largest absolute Gasteiger partial charge is 0.481 e. The van der Waals surface area contributed by atoms with Crippen molar-refractivity contribution in [1.82, 2.24) is 5.32 Å². The fourth-order valence-corrected chi connectivity index (χ4v) is 3.05. The van der Waals surface area contributed by atoms with Gasteiger partial charge < -0.3 is 14.8 Å². The number of carboxylic acids is 1. The van der Waals surface area contributed by atoms with Gasteiger partial charge in [0.15, 0.2) is 0 Å². The molecule has 0 radical (unpaired) electrons. The summed E-state index contributed by atoms with van der Waals surface area (Å²) in [5.74, 6) is -0.533. The van der Waals surface area contributed by atoms with Crippen molar-refractivity contribution in [3.8, 4) is 0 Å². The number of aliphatic carboxylic acids is 1. The van der Waals surface area contributed by atoms with E-state index < -0.39 is 16.8 Å². The van der Waals surface area contributed by atoms with E-state index in [2.05, 4.69) is 5.32 Å². The van der Waals surface area contributed by atoms with Gasteiger partial charge in [0, 0.05) is 5.92 Å². The zero-order valence-electron chi connectivity index (χ0n) is 12.1. The van der Waals surface area contributed by atoms with Gasteiger partial charge in [-0.05, 0) is 37.3 Å². The first kappa shape index (κ1) is 14.6. The molecule has 1 aromatic heterocycles.